The molecule has 3 atom stereocenters. The van der Waals surface area contributed by atoms with Crippen molar-refractivity contribution >= 4 is 50.0 Å². The summed E-state index contributed by atoms with van der Waals surface area (Å²) in [6.07, 6.45) is 0.937. The number of amides is 1. The summed E-state index contributed by atoms with van der Waals surface area (Å²) in [6.45, 7) is 3.45. The fourth-order valence-electron chi connectivity index (χ4n) is 6.36. The van der Waals surface area contributed by atoms with Crippen LogP contribution in [0.5, 0.6) is 0 Å². The smallest absolute Gasteiger partial charge is 0.308 e. The van der Waals surface area contributed by atoms with Crippen molar-refractivity contribution in [2.45, 2.75) is 55.5 Å². The lowest BCUT2D eigenvalue weighted by Gasteiger charge is -2.46. The van der Waals surface area contributed by atoms with Gasteiger partial charge in [-0.2, -0.15) is 4.31 Å². The van der Waals surface area contributed by atoms with Crippen molar-refractivity contribution in [1.82, 2.24) is 4.31 Å². The second-order valence-corrected chi connectivity index (χ2v) is 13.2. The number of para-hydroxylation sites is 1. The van der Waals surface area contributed by atoms with E-state index in [1.54, 1.807) is 67.6 Å². The topological polar surface area (TPSA) is 104 Å². The molecule has 42 heavy (non-hydrogen) atoms. The molecular formula is C33H33ClN2O5S. The third-order valence-electron chi connectivity index (χ3n) is 8.38. The first-order chi connectivity index (χ1) is 20.0. The normalized spacial score (nSPS) is 21.7. The third-order valence-corrected chi connectivity index (χ3v) is 10.7. The molecule has 7 nitrogen and oxygen atoms in total. The molecule has 0 saturated carbocycles. The minimum absolute atomic E-state index is 0.0131. The van der Waals surface area contributed by atoms with E-state index in [2.05, 4.69) is 5.32 Å². The van der Waals surface area contributed by atoms with Gasteiger partial charge in [-0.1, -0.05) is 85.6 Å². The fraction of sp³-hybridized carbons (Fsp3) is 0.273. The number of hydrogen-bond donors (Lipinski definition) is 2. The number of aliphatic carboxylic acids is 1. The van der Waals surface area contributed by atoms with Crippen LogP contribution in [-0.2, 0) is 25.2 Å². The highest BCUT2D eigenvalue weighted by molar-refractivity contribution is 7.89. The van der Waals surface area contributed by atoms with E-state index in [1.165, 1.54) is 10.4 Å². The summed E-state index contributed by atoms with van der Waals surface area (Å²) >= 11 is 6.23. The Kier molecular flexibility index (Phi) is 8.16. The van der Waals surface area contributed by atoms with Crippen LogP contribution in [0.25, 0.3) is 10.8 Å². The van der Waals surface area contributed by atoms with Crippen molar-refractivity contribution < 1.29 is 23.1 Å². The van der Waals surface area contributed by atoms with Gasteiger partial charge in [-0.05, 0) is 78.9 Å². The van der Waals surface area contributed by atoms with Crippen molar-refractivity contribution in [1.29, 1.82) is 0 Å². The van der Waals surface area contributed by atoms with Crippen LogP contribution < -0.4 is 5.32 Å². The minimum atomic E-state index is -4.46. The summed E-state index contributed by atoms with van der Waals surface area (Å²) in [6, 6.07) is 27.7. The molecule has 9 heteroatoms. The molecule has 1 aliphatic rings. The first-order valence-electron chi connectivity index (χ1n) is 13.9. The molecule has 0 spiro atoms. The van der Waals surface area contributed by atoms with Crippen LogP contribution in [0, 0.1) is 5.92 Å². The second kappa shape index (κ2) is 11.5. The average Bonchev–Trinajstić information content (AvgIpc) is 3.31. The number of rotatable bonds is 9. The highest BCUT2D eigenvalue weighted by atomic mass is 35.5. The summed E-state index contributed by atoms with van der Waals surface area (Å²) in [5, 5.41) is 15.5. The third kappa shape index (κ3) is 5.08. The number of carboxylic acids is 1. The van der Waals surface area contributed by atoms with Gasteiger partial charge in [0.05, 0.1) is 16.4 Å². The Morgan fingerprint density at radius 2 is 1.57 bits per heavy atom. The molecule has 1 amide bonds. The zero-order chi connectivity index (χ0) is 30.1. The maximum Gasteiger partial charge on any atom is 0.308 e. The number of hydrogen-bond acceptors (Lipinski definition) is 4. The number of nitrogens with zero attached hydrogens (tertiary/aromatic N) is 1. The predicted octanol–water partition coefficient (Wildman–Crippen LogP) is 7.07. The molecule has 2 N–H and O–H groups in total. The van der Waals surface area contributed by atoms with Gasteiger partial charge in [0.1, 0.15) is 5.54 Å². The average molecular weight is 605 g/mol. The molecule has 218 valence electrons. The van der Waals surface area contributed by atoms with E-state index in [9.17, 15) is 23.1 Å². The molecule has 1 heterocycles. The Hall–Kier alpha value is -3.72. The number of carbonyl (C=O) groups is 2. The quantitative estimate of drug-likeness (QED) is 0.213. The van der Waals surface area contributed by atoms with Gasteiger partial charge < -0.3 is 10.4 Å². The fourth-order valence-corrected chi connectivity index (χ4v) is 8.67. The van der Waals surface area contributed by atoms with Gasteiger partial charge in [0.2, 0.25) is 15.9 Å². The Bertz CT molecular complexity index is 1730. The van der Waals surface area contributed by atoms with Gasteiger partial charge in [0, 0.05) is 10.7 Å². The Labute approximate surface area is 251 Å². The molecule has 2 unspecified atom stereocenters. The summed E-state index contributed by atoms with van der Waals surface area (Å²) < 4.78 is 31.1. The number of sulfonamides is 1. The van der Waals surface area contributed by atoms with Gasteiger partial charge >= 0.3 is 5.97 Å². The summed E-state index contributed by atoms with van der Waals surface area (Å²) in [7, 11) is -4.46. The second-order valence-electron chi connectivity index (χ2n) is 11.0. The van der Waals surface area contributed by atoms with Crippen LogP contribution in [0.3, 0.4) is 0 Å². The summed E-state index contributed by atoms with van der Waals surface area (Å²) in [5.74, 6) is -2.79. The standard InChI is InChI=1S/C33H33ClN2O5S/c1-3-9-29(30(37)38)33(25-15-17-26(34)18-16-25)21-20-32(2,31(39)35-27-12-5-4-6-13-27)36(33)42(40,41)28-19-14-23-10-7-8-11-24(23)22-28/h4-8,10-19,22,29H,3,9,20-21H2,1-2H3,(H,35,39)(H,37,38)/t29?,32-,33?/m0/s1. The van der Waals surface area contributed by atoms with Crippen molar-refractivity contribution in [2.75, 3.05) is 5.32 Å². The monoisotopic (exact) mass is 604 g/mol. The van der Waals surface area contributed by atoms with E-state index in [-0.39, 0.29) is 24.2 Å². The zero-order valence-corrected chi connectivity index (χ0v) is 25.0. The summed E-state index contributed by atoms with van der Waals surface area (Å²) in [5.41, 5.74) is -2.20. The Morgan fingerprint density at radius 1 is 0.929 bits per heavy atom. The van der Waals surface area contributed by atoms with Gasteiger partial charge in [-0.25, -0.2) is 8.42 Å². The largest absolute Gasteiger partial charge is 0.481 e. The lowest BCUT2D eigenvalue weighted by Crippen LogP contribution is -2.62. The molecule has 0 radical (unpaired) electrons. The van der Waals surface area contributed by atoms with E-state index in [4.69, 9.17) is 11.6 Å². The molecule has 0 aliphatic carbocycles. The van der Waals surface area contributed by atoms with Crippen molar-refractivity contribution in [3.8, 4) is 0 Å². The van der Waals surface area contributed by atoms with Crippen LogP contribution in [-0.4, -0.2) is 35.2 Å². The number of carboxylic acid groups (broad SMARTS) is 1. The highest BCUT2D eigenvalue weighted by Crippen LogP contribution is 2.56. The minimum Gasteiger partial charge on any atom is -0.481 e. The molecule has 4 aromatic rings. The van der Waals surface area contributed by atoms with E-state index in [0.29, 0.717) is 28.1 Å². The molecule has 1 fully saturated rings. The maximum atomic E-state index is 15.0. The van der Waals surface area contributed by atoms with E-state index >= 15 is 0 Å². The zero-order valence-electron chi connectivity index (χ0n) is 23.5. The summed E-state index contributed by atoms with van der Waals surface area (Å²) in [4.78, 5) is 27.2. The van der Waals surface area contributed by atoms with Crippen LogP contribution in [0.2, 0.25) is 5.02 Å². The number of carbonyl (C=O) groups excluding carboxylic acids is 1. The number of nitrogens with one attached hydrogen (secondary N) is 1. The van der Waals surface area contributed by atoms with E-state index in [1.807, 2.05) is 37.3 Å². The van der Waals surface area contributed by atoms with Gasteiger partial charge in [0.25, 0.3) is 0 Å². The lowest BCUT2D eigenvalue weighted by molar-refractivity contribution is -0.148. The van der Waals surface area contributed by atoms with Gasteiger partial charge in [-0.3, -0.25) is 9.59 Å². The number of anilines is 1. The van der Waals surface area contributed by atoms with Crippen LogP contribution in [0.15, 0.2) is 102 Å². The molecule has 1 aliphatic heterocycles. The molecule has 0 bridgehead atoms. The first kappa shape index (κ1) is 29.8. The molecular weight excluding hydrogens is 572 g/mol. The van der Waals surface area contributed by atoms with E-state index < -0.39 is 38.9 Å². The molecule has 1 saturated heterocycles. The molecule has 0 aromatic heterocycles. The highest BCUT2D eigenvalue weighted by Gasteiger charge is 2.65. The maximum absolute atomic E-state index is 15.0. The SMILES string of the molecule is CCCC(C(=O)O)C1(c2ccc(Cl)cc2)CC[C@@](C)(C(=O)Nc2ccccc2)N1S(=O)(=O)c1ccc2ccccc2c1. The Morgan fingerprint density at radius 3 is 2.21 bits per heavy atom. The number of benzene rings is 4. The number of fused-ring (bicyclic) bond motifs is 1. The molecule has 5 rings (SSSR count). The predicted molar refractivity (Wildman–Crippen MR) is 165 cm³/mol. The molecule has 4 aromatic carbocycles. The van der Waals surface area contributed by atoms with Crippen LogP contribution >= 0.6 is 11.6 Å². The van der Waals surface area contributed by atoms with Gasteiger partial charge in [0.15, 0.2) is 0 Å². The number of halogens is 1. The van der Waals surface area contributed by atoms with Gasteiger partial charge in [-0.15, -0.1) is 0 Å². The van der Waals surface area contributed by atoms with Crippen molar-refractivity contribution in [3.63, 3.8) is 0 Å². The van der Waals surface area contributed by atoms with Crippen molar-refractivity contribution in [2.24, 2.45) is 5.92 Å². The first-order valence-corrected chi connectivity index (χ1v) is 15.8. The Balaban J connectivity index is 1.79. The van der Waals surface area contributed by atoms with Crippen LogP contribution in [0.4, 0.5) is 5.69 Å². The van der Waals surface area contributed by atoms with Crippen LogP contribution in [0.1, 0.15) is 45.1 Å². The van der Waals surface area contributed by atoms with E-state index in [0.717, 1.165) is 5.39 Å². The lowest BCUT2D eigenvalue weighted by atomic mass is 9.75. The van der Waals surface area contributed by atoms with Crippen molar-refractivity contribution in [3.05, 3.63) is 108 Å².